The van der Waals surface area contributed by atoms with Crippen molar-refractivity contribution >= 4 is 29.7 Å². The molecule has 1 aromatic rings. The molecule has 36 heavy (non-hydrogen) atoms. The number of thioether (sulfide) groups is 1. The van der Waals surface area contributed by atoms with E-state index in [2.05, 4.69) is 10.6 Å². The van der Waals surface area contributed by atoms with Gasteiger partial charge in [-0.05, 0) is 83.1 Å². The molecule has 0 aromatic heterocycles. The summed E-state index contributed by atoms with van der Waals surface area (Å²) in [5.41, 5.74) is 1.91. The maximum absolute atomic E-state index is 13.8. The van der Waals surface area contributed by atoms with Gasteiger partial charge < -0.3 is 20.3 Å². The average molecular weight is 519 g/mol. The monoisotopic (exact) mass is 518 g/mol. The Kier molecular flexibility index (Phi) is 12.8. The number of hydrogen-bond acceptors (Lipinski definition) is 6. The maximum atomic E-state index is 13.8. The highest BCUT2D eigenvalue weighted by atomic mass is 32.2. The molecule has 0 bridgehead atoms. The molecule has 1 rings (SSSR count). The van der Waals surface area contributed by atoms with Gasteiger partial charge in [0, 0.05) is 6.04 Å². The van der Waals surface area contributed by atoms with Crippen molar-refractivity contribution in [2.45, 2.75) is 91.5 Å². The topological polar surface area (TPSA) is 112 Å². The minimum atomic E-state index is -1.02. The van der Waals surface area contributed by atoms with Crippen LogP contribution in [0.3, 0.4) is 0 Å². The second-order valence-corrected chi connectivity index (χ2v) is 11.0. The number of nitrogens with zero attached hydrogens (tertiary/aromatic N) is 2. The first-order valence-electron chi connectivity index (χ1n) is 12.4. The van der Waals surface area contributed by atoms with Crippen molar-refractivity contribution in [3.8, 4) is 6.07 Å². The lowest BCUT2D eigenvalue weighted by Gasteiger charge is -2.33. The number of amides is 3. The van der Waals surface area contributed by atoms with Crippen LogP contribution in [0.15, 0.2) is 18.2 Å². The third-order valence-electron chi connectivity index (χ3n) is 5.64. The van der Waals surface area contributed by atoms with E-state index < -0.39 is 29.7 Å². The molecule has 3 amide bonds. The third-order valence-corrected chi connectivity index (χ3v) is 6.28. The standard InChI is InChI=1S/C27H42N4O4S/c1-9-10-20(4)29-24(32)23(21-12-11-18(2)19(3)17-21)31(15-14-28)25(33)22(13-16-36-8)30-26(34)35-27(5,6)7/h11-12,17,20,22-23H,9-10,13,15-16H2,1-8H3,(H,29,32)(H,30,34). The second-order valence-electron chi connectivity index (χ2n) is 10.0. The SMILES string of the molecule is CCCC(C)NC(=O)C(c1ccc(C)c(C)c1)N(CC#N)C(=O)C(CCSC)NC(=O)OC(C)(C)C. The van der Waals surface area contributed by atoms with Gasteiger partial charge in [0.1, 0.15) is 24.2 Å². The molecule has 2 N–H and O–H groups in total. The number of carbonyl (C=O) groups is 3. The van der Waals surface area contributed by atoms with Crippen LogP contribution in [0.25, 0.3) is 0 Å². The molecular formula is C27H42N4O4S. The Labute approximate surface area is 220 Å². The van der Waals surface area contributed by atoms with Crippen molar-refractivity contribution in [2.75, 3.05) is 18.6 Å². The molecule has 0 heterocycles. The zero-order chi connectivity index (χ0) is 27.5. The van der Waals surface area contributed by atoms with Gasteiger partial charge in [-0.25, -0.2) is 4.79 Å². The van der Waals surface area contributed by atoms with E-state index in [9.17, 15) is 19.6 Å². The number of alkyl carbamates (subject to hydrolysis) is 1. The highest BCUT2D eigenvalue weighted by molar-refractivity contribution is 7.98. The highest BCUT2D eigenvalue weighted by Gasteiger charge is 2.36. The molecule has 0 aliphatic carbocycles. The molecule has 0 spiro atoms. The number of nitrogens with one attached hydrogen (secondary N) is 2. The summed E-state index contributed by atoms with van der Waals surface area (Å²) in [6, 6.07) is 5.56. The lowest BCUT2D eigenvalue weighted by atomic mass is 9.98. The van der Waals surface area contributed by atoms with Crippen LogP contribution in [0.4, 0.5) is 4.79 Å². The normalized spacial score (nSPS) is 13.6. The first-order chi connectivity index (χ1) is 16.8. The number of carbonyl (C=O) groups excluding carboxylic acids is 3. The minimum Gasteiger partial charge on any atom is -0.444 e. The summed E-state index contributed by atoms with van der Waals surface area (Å²) in [6.45, 7) is 12.8. The van der Waals surface area contributed by atoms with E-state index in [1.54, 1.807) is 20.8 Å². The summed E-state index contributed by atoms with van der Waals surface area (Å²) in [5, 5.41) is 15.3. The van der Waals surface area contributed by atoms with Crippen LogP contribution in [0.1, 0.15) is 76.6 Å². The zero-order valence-electron chi connectivity index (χ0n) is 22.9. The Morgan fingerprint density at radius 3 is 2.33 bits per heavy atom. The summed E-state index contributed by atoms with van der Waals surface area (Å²) in [7, 11) is 0. The fraction of sp³-hybridized carbons (Fsp3) is 0.630. The second kappa shape index (κ2) is 14.7. The van der Waals surface area contributed by atoms with Crippen molar-refractivity contribution < 1.29 is 19.1 Å². The van der Waals surface area contributed by atoms with E-state index in [1.165, 1.54) is 16.7 Å². The third kappa shape index (κ3) is 10.1. The van der Waals surface area contributed by atoms with Crippen LogP contribution in [-0.4, -0.2) is 59.0 Å². The lowest BCUT2D eigenvalue weighted by molar-refractivity contribution is -0.142. The first kappa shape index (κ1) is 31.3. The molecule has 1 aromatic carbocycles. The summed E-state index contributed by atoms with van der Waals surface area (Å²) in [4.78, 5) is 41.2. The Hall–Kier alpha value is -2.73. The van der Waals surface area contributed by atoms with Gasteiger partial charge >= 0.3 is 6.09 Å². The fourth-order valence-corrected chi connectivity index (χ4v) is 4.22. The number of nitriles is 1. The van der Waals surface area contributed by atoms with E-state index >= 15 is 0 Å². The van der Waals surface area contributed by atoms with Gasteiger partial charge in [0.25, 0.3) is 0 Å². The molecule has 0 saturated heterocycles. The Morgan fingerprint density at radius 2 is 1.81 bits per heavy atom. The van der Waals surface area contributed by atoms with E-state index in [4.69, 9.17) is 4.74 Å². The van der Waals surface area contributed by atoms with Crippen molar-refractivity contribution in [2.24, 2.45) is 0 Å². The van der Waals surface area contributed by atoms with Crippen molar-refractivity contribution in [1.29, 1.82) is 5.26 Å². The smallest absolute Gasteiger partial charge is 0.408 e. The average Bonchev–Trinajstić information content (AvgIpc) is 2.77. The molecule has 3 unspecified atom stereocenters. The number of rotatable bonds is 12. The van der Waals surface area contributed by atoms with Gasteiger partial charge in [0.05, 0.1) is 6.07 Å². The zero-order valence-corrected chi connectivity index (χ0v) is 23.8. The predicted molar refractivity (Wildman–Crippen MR) is 145 cm³/mol. The molecule has 0 fully saturated rings. The lowest BCUT2D eigenvalue weighted by Crippen LogP contribution is -2.54. The molecule has 8 nitrogen and oxygen atoms in total. The van der Waals surface area contributed by atoms with E-state index in [0.717, 1.165) is 24.0 Å². The maximum Gasteiger partial charge on any atom is 0.408 e. The summed E-state index contributed by atoms with van der Waals surface area (Å²) < 4.78 is 5.37. The minimum absolute atomic E-state index is 0.0947. The van der Waals surface area contributed by atoms with Crippen LogP contribution in [0.5, 0.6) is 0 Å². The number of hydrogen-bond donors (Lipinski definition) is 2. The van der Waals surface area contributed by atoms with Crippen LogP contribution < -0.4 is 10.6 Å². The quantitative estimate of drug-likeness (QED) is 0.390. The van der Waals surface area contributed by atoms with Gasteiger partial charge in [-0.1, -0.05) is 31.5 Å². The number of ether oxygens (including phenoxy) is 1. The molecule has 0 aliphatic heterocycles. The Bertz CT molecular complexity index is 939. The summed E-state index contributed by atoms with van der Waals surface area (Å²) in [5.74, 6) is -0.262. The van der Waals surface area contributed by atoms with Crippen LogP contribution in [0.2, 0.25) is 0 Å². The number of benzene rings is 1. The largest absolute Gasteiger partial charge is 0.444 e. The van der Waals surface area contributed by atoms with Gasteiger partial charge in [-0.2, -0.15) is 17.0 Å². The van der Waals surface area contributed by atoms with E-state index in [1.807, 2.05) is 58.2 Å². The van der Waals surface area contributed by atoms with Crippen LogP contribution in [-0.2, 0) is 14.3 Å². The van der Waals surface area contributed by atoms with Gasteiger partial charge in [0.2, 0.25) is 11.8 Å². The Balaban J connectivity index is 3.46. The fourth-order valence-electron chi connectivity index (χ4n) is 3.75. The van der Waals surface area contributed by atoms with Crippen molar-refractivity contribution in [3.05, 3.63) is 34.9 Å². The molecule has 9 heteroatoms. The van der Waals surface area contributed by atoms with Crippen molar-refractivity contribution in [1.82, 2.24) is 15.5 Å². The van der Waals surface area contributed by atoms with Gasteiger partial charge in [-0.3, -0.25) is 9.59 Å². The molecule has 200 valence electrons. The molecular weight excluding hydrogens is 476 g/mol. The van der Waals surface area contributed by atoms with Crippen LogP contribution >= 0.6 is 11.8 Å². The molecule has 0 saturated carbocycles. The molecule has 3 atom stereocenters. The van der Waals surface area contributed by atoms with Crippen molar-refractivity contribution in [3.63, 3.8) is 0 Å². The summed E-state index contributed by atoms with van der Waals surface area (Å²) >= 11 is 1.53. The van der Waals surface area contributed by atoms with Gasteiger partial charge in [0.15, 0.2) is 0 Å². The van der Waals surface area contributed by atoms with Gasteiger partial charge in [-0.15, -0.1) is 0 Å². The molecule has 0 radical (unpaired) electrons. The number of aryl methyl sites for hydroxylation is 2. The molecule has 0 aliphatic rings. The predicted octanol–water partition coefficient (Wildman–Crippen LogP) is 4.65. The first-order valence-corrected chi connectivity index (χ1v) is 13.8. The summed E-state index contributed by atoms with van der Waals surface area (Å²) in [6.07, 6.45) is 3.20. The Morgan fingerprint density at radius 1 is 1.14 bits per heavy atom. The van der Waals surface area contributed by atoms with Crippen LogP contribution in [0, 0.1) is 25.2 Å². The highest BCUT2D eigenvalue weighted by Crippen LogP contribution is 2.25. The van der Waals surface area contributed by atoms with E-state index in [0.29, 0.717) is 17.7 Å². The van der Waals surface area contributed by atoms with E-state index in [-0.39, 0.29) is 18.5 Å².